The molecule has 23 heavy (non-hydrogen) atoms. The summed E-state index contributed by atoms with van der Waals surface area (Å²) in [5, 5.41) is 1.97. The fourth-order valence-electron chi connectivity index (χ4n) is 2.15. The van der Waals surface area contributed by atoms with Crippen LogP contribution in [0.3, 0.4) is 0 Å². The number of nitrogens with one attached hydrogen (secondary N) is 1. The van der Waals surface area contributed by atoms with E-state index in [1.54, 1.807) is 29.5 Å². The summed E-state index contributed by atoms with van der Waals surface area (Å²) in [6, 6.07) is 12.7. The van der Waals surface area contributed by atoms with E-state index in [0.717, 1.165) is 21.8 Å². The van der Waals surface area contributed by atoms with Crippen LogP contribution in [-0.4, -0.2) is 8.42 Å². The Hall–Kier alpha value is -1.89. The van der Waals surface area contributed by atoms with Crippen molar-refractivity contribution < 1.29 is 12.8 Å². The van der Waals surface area contributed by atoms with Crippen LogP contribution in [0.2, 0.25) is 0 Å². The first-order valence-electron chi connectivity index (χ1n) is 7.15. The van der Waals surface area contributed by atoms with E-state index < -0.39 is 10.0 Å². The van der Waals surface area contributed by atoms with Crippen molar-refractivity contribution in [1.29, 1.82) is 0 Å². The molecule has 0 unspecified atom stereocenters. The molecule has 120 valence electrons. The van der Waals surface area contributed by atoms with Crippen molar-refractivity contribution >= 4 is 21.4 Å². The van der Waals surface area contributed by atoms with Gasteiger partial charge in [-0.3, -0.25) is 0 Å². The van der Waals surface area contributed by atoms with Crippen LogP contribution in [0.4, 0.5) is 0 Å². The molecule has 0 aliphatic rings. The maximum Gasteiger partial charge on any atom is 0.240 e. The van der Waals surface area contributed by atoms with Crippen molar-refractivity contribution in [3.8, 4) is 10.6 Å². The van der Waals surface area contributed by atoms with E-state index in [9.17, 15) is 8.42 Å². The lowest BCUT2D eigenvalue weighted by Gasteiger charge is -2.07. The molecule has 0 radical (unpaired) electrons. The first-order valence-corrected chi connectivity index (χ1v) is 9.51. The minimum Gasteiger partial charge on any atom is -0.459 e. The molecule has 3 aromatic rings. The smallest absolute Gasteiger partial charge is 0.240 e. The average Bonchev–Trinajstić information content (AvgIpc) is 3.18. The number of aryl methyl sites for hydroxylation is 2. The second-order valence-corrected chi connectivity index (χ2v) is 8.03. The summed E-state index contributed by atoms with van der Waals surface area (Å²) in [6.45, 7) is 3.98. The number of rotatable bonds is 5. The molecular formula is C17H17NO3S2. The van der Waals surface area contributed by atoms with Gasteiger partial charge in [0.15, 0.2) is 0 Å². The maximum absolute atomic E-state index is 12.4. The molecule has 2 heterocycles. The first kappa shape index (κ1) is 16.0. The summed E-state index contributed by atoms with van der Waals surface area (Å²) in [7, 11) is -3.55. The van der Waals surface area contributed by atoms with Gasteiger partial charge in [-0.05, 0) is 60.7 Å². The van der Waals surface area contributed by atoms with E-state index in [0.29, 0.717) is 5.76 Å². The van der Waals surface area contributed by atoms with Crippen molar-refractivity contribution in [2.24, 2.45) is 0 Å². The third kappa shape index (κ3) is 3.55. The Morgan fingerprint density at radius 3 is 2.61 bits per heavy atom. The number of hydrogen-bond donors (Lipinski definition) is 1. The molecule has 2 aromatic heterocycles. The van der Waals surface area contributed by atoms with Gasteiger partial charge in [0.2, 0.25) is 10.0 Å². The topological polar surface area (TPSA) is 59.3 Å². The molecule has 0 fully saturated rings. The molecule has 0 saturated carbocycles. The summed E-state index contributed by atoms with van der Waals surface area (Å²) < 4.78 is 33.0. The molecule has 1 aromatic carbocycles. The second kappa shape index (κ2) is 6.31. The van der Waals surface area contributed by atoms with Gasteiger partial charge in [0.25, 0.3) is 0 Å². The van der Waals surface area contributed by atoms with Gasteiger partial charge >= 0.3 is 0 Å². The van der Waals surface area contributed by atoms with Gasteiger partial charge in [-0.25, -0.2) is 13.1 Å². The Morgan fingerprint density at radius 1 is 1.09 bits per heavy atom. The standard InChI is InChI=1S/C17H17NO3S2/c1-12-5-7-15(10-13(12)2)23(19,20)18-11-14-6-8-16(21-14)17-4-3-9-22-17/h3-10,18H,11H2,1-2H3. The molecule has 1 N–H and O–H groups in total. The third-order valence-corrected chi connectivity index (χ3v) is 5.93. The number of benzene rings is 1. The van der Waals surface area contributed by atoms with E-state index in [4.69, 9.17) is 4.42 Å². The fourth-order valence-corrected chi connectivity index (χ4v) is 3.92. The van der Waals surface area contributed by atoms with Gasteiger partial charge in [-0.15, -0.1) is 11.3 Å². The zero-order valence-electron chi connectivity index (χ0n) is 12.9. The van der Waals surface area contributed by atoms with Crippen molar-refractivity contribution in [2.75, 3.05) is 0 Å². The highest BCUT2D eigenvalue weighted by atomic mass is 32.2. The highest BCUT2D eigenvalue weighted by Gasteiger charge is 2.15. The van der Waals surface area contributed by atoms with Gasteiger partial charge in [0.05, 0.1) is 16.3 Å². The van der Waals surface area contributed by atoms with Gasteiger partial charge in [-0.2, -0.15) is 0 Å². The molecule has 3 rings (SSSR count). The molecule has 4 nitrogen and oxygen atoms in total. The lowest BCUT2D eigenvalue weighted by molar-refractivity contribution is 0.510. The molecule has 0 bridgehead atoms. The summed E-state index contributed by atoms with van der Waals surface area (Å²) in [6.07, 6.45) is 0. The fraction of sp³-hybridized carbons (Fsp3) is 0.176. The quantitative estimate of drug-likeness (QED) is 0.756. The Kier molecular flexibility index (Phi) is 4.39. The molecule has 0 saturated heterocycles. The molecule has 0 spiro atoms. The van der Waals surface area contributed by atoms with Crippen LogP contribution in [0.1, 0.15) is 16.9 Å². The molecule has 6 heteroatoms. The minimum absolute atomic E-state index is 0.126. The van der Waals surface area contributed by atoms with Crippen LogP contribution >= 0.6 is 11.3 Å². The number of thiophene rings is 1. The van der Waals surface area contributed by atoms with Gasteiger partial charge in [-0.1, -0.05) is 12.1 Å². The van der Waals surface area contributed by atoms with E-state index in [1.165, 1.54) is 0 Å². The van der Waals surface area contributed by atoms with Crippen molar-refractivity contribution in [3.63, 3.8) is 0 Å². The lowest BCUT2D eigenvalue weighted by atomic mass is 10.1. The second-order valence-electron chi connectivity index (χ2n) is 5.31. The highest BCUT2D eigenvalue weighted by Crippen LogP contribution is 2.26. The van der Waals surface area contributed by atoms with Crippen molar-refractivity contribution in [3.05, 3.63) is 64.7 Å². The number of hydrogen-bond acceptors (Lipinski definition) is 4. The van der Waals surface area contributed by atoms with Crippen LogP contribution in [-0.2, 0) is 16.6 Å². The monoisotopic (exact) mass is 347 g/mol. The minimum atomic E-state index is -3.55. The Bertz CT molecular complexity index is 909. The van der Waals surface area contributed by atoms with Gasteiger partial charge in [0.1, 0.15) is 11.5 Å². The summed E-state index contributed by atoms with van der Waals surface area (Å²) in [5.74, 6) is 1.33. The van der Waals surface area contributed by atoms with E-state index in [1.807, 2.05) is 43.5 Å². The Balaban J connectivity index is 1.73. The summed E-state index contributed by atoms with van der Waals surface area (Å²) >= 11 is 1.58. The Morgan fingerprint density at radius 2 is 1.91 bits per heavy atom. The summed E-state index contributed by atoms with van der Waals surface area (Å²) in [5.41, 5.74) is 2.02. The van der Waals surface area contributed by atoms with Gasteiger partial charge < -0.3 is 4.42 Å². The van der Waals surface area contributed by atoms with Crippen LogP contribution in [0.5, 0.6) is 0 Å². The third-order valence-electron chi connectivity index (χ3n) is 3.65. The Labute approximate surface area is 139 Å². The van der Waals surface area contributed by atoms with E-state index in [-0.39, 0.29) is 11.4 Å². The van der Waals surface area contributed by atoms with Gasteiger partial charge in [0, 0.05) is 0 Å². The molecule has 0 aliphatic carbocycles. The molecule has 0 atom stereocenters. The van der Waals surface area contributed by atoms with Crippen molar-refractivity contribution in [1.82, 2.24) is 4.72 Å². The van der Waals surface area contributed by atoms with Crippen LogP contribution in [0, 0.1) is 13.8 Å². The SMILES string of the molecule is Cc1ccc(S(=O)(=O)NCc2ccc(-c3cccs3)o2)cc1C. The summed E-state index contributed by atoms with van der Waals surface area (Å²) in [4.78, 5) is 1.29. The normalized spacial score (nSPS) is 11.7. The predicted molar refractivity (Wildman–Crippen MR) is 92.0 cm³/mol. The van der Waals surface area contributed by atoms with E-state index >= 15 is 0 Å². The molecule has 0 aliphatic heterocycles. The predicted octanol–water partition coefficient (Wildman–Crippen LogP) is 4.10. The zero-order valence-corrected chi connectivity index (χ0v) is 14.5. The largest absolute Gasteiger partial charge is 0.459 e. The van der Waals surface area contributed by atoms with E-state index in [2.05, 4.69) is 4.72 Å². The first-order chi connectivity index (χ1) is 11.0. The highest BCUT2D eigenvalue weighted by molar-refractivity contribution is 7.89. The average molecular weight is 347 g/mol. The van der Waals surface area contributed by atoms with Crippen LogP contribution in [0.15, 0.2) is 57.2 Å². The number of furan rings is 1. The molecule has 0 amide bonds. The number of sulfonamides is 1. The van der Waals surface area contributed by atoms with Crippen LogP contribution in [0.25, 0.3) is 10.6 Å². The molecular weight excluding hydrogens is 330 g/mol. The van der Waals surface area contributed by atoms with Crippen LogP contribution < -0.4 is 4.72 Å². The van der Waals surface area contributed by atoms with Crippen molar-refractivity contribution in [2.45, 2.75) is 25.3 Å². The maximum atomic E-state index is 12.4. The zero-order chi connectivity index (χ0) is 16.4. The lowest BCUT2D eigenvalue weighted by Crippen LogP contribution is -2.23.